The van der Waals surface area contributed by atoms with Crippen molar-refractivity contribution in [1.82, 2.24) is 5.32 Å². The standard InChI is InChI=1S/C18H20N2O2/c1-13-10-14(2)12-16(11-13)20-18(22)17(21)19-9-8-15-6-4-3-5-7-15/h3-7,10-12H,8-9H2,1-2H3,(H,19,21)(H,20,22). The van der Waals surface area contributed by atoms with E-state index in [2.05, 4.69) is 10.6 Å². The molecule has 22 heavy (non-hydrogen) atoms. The van der Waals surface area contributed by atoms with E-state index in [9.17, 15) is 9.59 Å². The highest BCUT2D eigenvalue weighted by molar-refractivity contribution is 6.39. The number of rotatable bonds is 4. The van der Waals surface area contributed by atoms with E-state index in [1.165, 1.54) is 0 Å². The third kappa shape index (κ3) is 4.74. The van der Waals surface area contributed by atoms with Crippen molar-refractivity contribution >= 4 is 17.5 Å². The minimum absolute atomic E-state index is 0.434. The Morgan fingerprint density at radius 1 is 0.909 bits per heavy atom. The number of amides is 2. The lowest BCUT2D eigenvalue weighted by Gasteiger charge is -2.08. The molecular formula is C18H20N2O2. The average Bonchev–Trinajstić information content (AvgIpc) is 2.47. The summed E-state index contributed by atoms with van der Waals surface area (Å²) in [7, 11) is 0. The molecule has 0 bridgehead atoms. The number of hydrogen-bond donors (Lipinski definition) is 2. The molecule has 2 aromatic carbocycles. The van der Waals surface area contributed by atoms with E-state index in [-0.39, 0.29) is 0 Å². The molecular weight excluding hydrogens is 276 g/mol. The van der Waals surface area contributed by atoms with Crippen LogP contribution in [0.4, 0.5) is 5.69 Å². The maximum atomic E-state index is 11.9. The van der Waals surface area contributed by atoms with Crippen LogP contribution >= 0.6 is 0 Å². The van der Waals surface area contributed by atoms with Gasteiger partial charge in [0.1, 0.15) is 0 Å². The van der Waals surface area contributed by atoms with Gasteiger partial charge in [0, 0.05) is 12.2 Å². The molecule has 0 atom stereocenters. The predicted octanol–water partition coefficient (Wildman–Crippen LogP) is 2.60. The van der Waals surface area contributed by atoms with Crippen molar-refractivity contribution in [2.24, 2.45) is 0 Å². The van der Waals surface area contributed by atoms with Crippen LogP contribution in [-0.2, 0) is 16.0 Å². The number of nitrogens with one attached hydrogen (secondary N) is 2. The van der Waals surface area contributed by atoms with E-state index >= 15 is 0 Å². The third-order valence-corrected chi connectivity index (χ3v) is 3.23. The first-order chi connectivity index (χ1) is 10.5. The first-order valence-corrected chi connectivity index (χ1v) is 7.26. The molecule has 0 aliphatic carbocycles. The first-order valence-electron chi connectivity index (χ1n) is 7.26. The molecule has 2 rings (SSSR count). The van der Waals surface area contributed by atoms with Gasteiger partial charge in [-0.15, -0.1) is 0 Å². The monoisotopic (exact) mass is 296 g/mol. The minimum atomic E-state index is -0.641. The Morgan fingerprint density at radius 2 is 1.55 bits per heavy atom. The van der Waals surface area contributed by atoms with Gasteiger partial charge in [-0.3, -0.25) is 9.59 Å². The molecule has 4 heteroatoms. The Morgan fingerprint density at radius 3 is 2.18 bits per heavy atom. The minimum Gasteiger partial charge on any atom is -0.347 e. The number of anilines is 1. The zero-order chi connectivity index (χ0) is 15.9. The van der Waals surface area contributed by atoms with E-state index in [0.717, 1.165) is 16.7 Å². The van der Waals surface area contributed by atoms with Gasteiger partial charge in [-0.25, -0.2) is 0 Å². The number of aryl methyl sites for hydroxylation is 2. The molecule has 4 nitrogen and oxygen atoms in total. The van der Waals surface area contributed by atoms with Crippen molar-refractivity contribution in [2.45, 2.75) is 20.3 Å². The molecule has 0 heterocycles. The van der Waals surface area contributed by atoms with E-state index in [1.54, 1.807) is 0 Å². The van der Waals surface area contributed by atoms with Gasteiger partial charge in [-0.05, 0) is 49.1 Å². The Balaban J connectivity index is 1.83. The zero-order valence-electron chi connectivity index (χ0n) is 12.8. The van der Waals surface area contributed by atoms with Gasteiger partial charge >= 0.3 is 11.8 Å². The highest BCUT2D eigenvalue weighted by Gasteiger charge is 2.13. The van der Waals surface area contributed by atoms with Crippen LogP contribution in [0.25, 0.3) is 0 Å². The maximum absolute atomic E-state index is 11.9. The summed E-state index contributed by atoms with van der Waals surface area (Å²) in [5.74, 6) is -1.26. The normalized spacial score (nSPS) is 10.1. The Bertz CT molecular complexity index is 646. The van der Waals surface area contributed by atoms with Crippen LogP contribution in [0.3, 0.4) is 0 Å². The highest BCUT2D eigenvalue weighted by Crippen LogP contribution is 2.13. The van der Waals surface area contributed by atoms with Crippen molar-refractivity contribution in [1.29, 1.82) is 0 Å². The van der Waals surface area contributed by atoms with Crippen LogP contribution in [0.1, 0.15) is 16.7 Å². The lowest BCUT2D eigenvalue weighted by Crippen LogP contribution is -2.36. The fraction of sp³-hybridized carbons (Fsp3) is 0.222. The highest BCUT2D eigenvalue weighted by atomic mass is 16.2. The molecule has 2 amide bonds. The Hall–Kier alpha value is -2.62. The first kappa shape index (κ1) is 15.8. The maximum Gasteiger partial charge on any atom is 0.313 e. The molecule has 0 spiro atoms. The van der Waals surface area contributed by atoms with Crippen molar-refractivity contribution in [3.8, 4) is 0 Å². The fourth-order valence-electron chi connectivity index (χ4n) is 2.28. The van der Waals surface area contributed by atoms with Crippen molar-refractivity contribution in [3.05, 3.63) is 65.2 Å². The van der Waals surface area contributed by atoms with Gasteiger partial charge in [0.05, 0.1) is 0 Å². The molecule has 0 fully saturated rings. The van der Waals surface area contributed by atoms with Gasteiger partial charge in [-0.1, -0.05) is 36.4 Å². The van der Waals surface area contributed by atoms with Gasteiger partial charge in [0.2, 0.25) is 0 Å². The fourth-order valence-corrected chi connectivity index (χ4v) is 2.28. The molecule has 114 valence electrons. The van der Waals surface area contributed by atoms with Crippen LogP contribution in [0.15, 0.2) is 48.5 Å². The topological polar surface area (TPSA) is 58.2 Å². The number of hydrogen-bond acceptors (Lipinski definition) is 2. The molecule has 2 aromatic rings. The van der Waals surface area contributed by atoms with Crippen LogP contribution in [0, 0.1) is 13.8 Å². The quantitative estimate of drug-likeness (QED) is 0.852. The van der Waals surface area contributed by atoms with Crippen molar-refractivity contribution < 1.29 is 9.59 Å². The summed E-state index contributed by atoms with van der Waals surface area (Å²) in [6, 6.07) is 15.5. The van der Waals surface area contributed by atoms with E-state index in [0.29, 0.717) is 18.7 Å². The second kappa shape index (κ2) is 7.41. The Kier molecular flexibility index (Phi) is 5.31. The van der Waals surface area contributed by atoms with Gasteiger partial charge < -0.3 is 10.6 Å². The summed E-state index contributed by atoms with van der Waals surface area (Å²) in [5.41, 5.74) is 3.85. The van der Waals surface area contributed by atoms with Gasteiger partial charge in [0.15, 0.2) is 0 Å². The zero-order valence-corrected chi connectivity index (χ0v) is 12.8. The van der Waals surface area contributed by atoms with Gasteiger partial charge in [0.25, 0.3) is 0 Å². The second-order valence-electron chi connectivity index (χ2n) is 5.32. The van der Waals surface area contributed by atoms with E-state index < -0.39 is 11.8 Å². The summed E-state index contributed by atoms with van der Waals surface area (Å²) in [6.07, 6.45) is 0.698. The van der Waals surface area contributed by atoms with Crippen molar-refractivity contribution in [3.63, 3.8) is 0 Å². The summed E-state index contributed by atoms with van der Waals surface area (Å²) >= 11 is 0. The van der Waals surface area contributed by atoms with Crippen LogP contribution in [0.5, 0.6) is 0 Å². The van der Waals surface area contributed by atoms with E-state index in [4.69, 9.17) is 0 Å². The second-order valence-corrected chi connectivity index (χ2v) is 5.32. The predicted molar refractivity (Wildman–Crippen MR) is 87.7 cm³/mol. The molecule has 0 radical (unpaired) electrons. The van der Waals surface area contributed by atoms with Crippen LogP contribution < -0.4 is 10.6 Å². The molecule has 0 unspecified atom stereocenters. The lowest BCUT2D eigenvalue weighted by atomic mass is 10.1. The van der Waals surface area contributed by atoms with Crippen molar-refractivity contribution in [2.75, 3.05) is 11.9 Å². The molecule has 0 saturated carbocycles. The SMILES string of the molecule is Cc1cc(C)cc(NC(=O)C(=O)NCCc2ccccc2)c1. The summed E-state index contributed by atoms with van der Waals surface area (Å²) < 4.78 is 0. The smallest absolute Gasteiger partial charge is 0.313 e. The van der Waals surface area contributed by atoms with Crippen LogP contribution in [-0.4, -0.2) is 18.4 Å². The Labute approximate surface area is 130 Å². The number of benzene rings is 2. The number of carbonyl (C=O) groups is 2. The molecule has 0 saturated heterocycles. The summed E-state index contributed by atoms with van der Waals surface area (Å²) in [6.45, 7) is 4.33. The molecule has 0 aliphatic rings. The number of carbonyl (C=O) groups excluding carboxylic acids is 2. The summed E-state index contributed by atoms with van der Waals surface area (Å²) in [4.78, 5) is 23.6. The molecule has 0 aliphatic heterocycles. The third-order valence-electron chi connectivity index (χ3n) is 3.23. The molecule has 2 N–H and O–H groups in total. The molecule has 0 aromatic heterocycles. The van der Waals surface area contributed by atoms with Crippen LogP contribution in [0.2, 0.25) is 0 Å². The largest absolute Gasteiger partial charge is 0.347 e. The summed E-state index contributed by atoms with van der Waals surface area (Å²) in [5, 5.41) is 5.25. The van der Waals surface area contributed by atoms with E-state index in [1.807, 2.05) is 62.4 Å². The lowest BCUT2D eigenvalue weighted by molar-refractivity contribution is -0.136. The average molecular weight is 296 g/mol. The van der Waals surface area contributed by atoms with Gasteiger partial charge in [-0.2, -0.15) is 0 Å².